The summed E-state index contributed by atoms with van der Waals surface area (Å²) in [6.45, 7) is 7.78. The summed E-state index contributed by atoms with van der Waals surface area (Å²) >= 11 is 0. The van der Waals surface area contributed by atoms with Gasteiger partial charge in [0.1, 0.15) is 0 Å². The maximum Gasteiger partial charge on any atom is 0.321 e. The molecule has 7 nitrogen and oxygen atoms in total. The summed E-state index contributed by atoms with van der Waals surface area (Å²) < 4.78 is 5.33. The number of unbranched alkanes of at least 4 members (excludes halogenated alkanes) is 1. The number of piperazine rings is 1. The topological polar surface area (TPSA) is 74.5 Å². The molecule has 0 saturated carbocycles. The maximum absolute atomic E-state index is 12.4. The summed E-state index contributed by atoms with van der Waals surface area (Å²) in [6, 6.07) is 7.80. The summed E-state index contributed by atoms with van der Waals surface area (Å²) in [5, 5.41) is 7.00. The number of urea groups is 1. The smallest absolute Gasteiger partial charge is 0.321 e. The van der Waals surface area contributed by atoms with Crippen molar-refractivity contribution in [2.24, 2.45) is 0 Å². The Balaban J connectivity index is 1.45. The third-order valence-electron chi connectivity index (χ3n) is 4.55. The van der Waals surface area contributed by atoms with Crippen LogP contribution in [0.25, 0.3) is 0 Å². The molecule has 7 heteroatoms. The lowest BCUT2D eigenvalue weighted by atomic mass is 10.2. The van der Waals surface area contributed by atoms with Gasteiger partial charge in [-0.1, -0.05) is 30.6 Å². The van der Waals surface area contributed by atoms with Crippen molar-refractivity contribution in [1.29, 1.82) is 0 Å². The van der Waals surface area contributed by atoms with E-state index in [4.69, 9.17) is 4.52 Å². The van der Waals surface area contributed by atoms with Gasteiger partial charge in [-0.15, -0.1) is 0 Å². The van der Waals surface area contributed by atoms with Crippen molar-refractivity contribution in [1.82, 2.24) is 19.9 Å². The highest BCUT2D eigenvalue weighted by Gasteiger charge is 2.22. The Kier molecular flexibility index (Phi) is 6.22. The van der Waals surface area contributed by atoms with Gasteiger partial charge in [-0.3, -0.25) is 4.90 Å². The monoisotopic (exact) mass is 357 g/mol. The van der Waals surface area contributed by atoms with Crippen molar-refractivity contribution < 1.29 is 9.32 Å². The summed E-state index contributed by atoms with van der Waals surface area (Å²) in [4.78, 5) is 20.9. The second kappa shape index (κ2) is 8.80. The van der Waals surface area contributed by atoms with E-state index in [2.05, 4.69) is 27.3 Å². The Bertz CT molecular complexity index is 722. The van der Waals surface area contributed by atoms with Crippen LogP contribution in [0, 0.1) is 6.92 Å². The maximum atomic E-state index is 12.4. The molecule has 1 aromatic heterocycles. The standard InChI is InChI=1S/C19H27N5O2/c1-3-4-8-17-21-18(26-22-17)14-23-9-11-24(12-10-23)19(25)20-16-7-5-6-15(2)13-16/h5-7,13H,3-4,8-12,14H2,1-2H3,(H,20,25). The fourth-order valence-electron chi connectivity index (χ4n) is 3.02. The lowest BCUT2D eigenvalue weighted by Gasteiger charge is -2.33. The molecule has 1 aliphatic rings. The fourth-order valence-corrected chi connectivity index (χ4v) is 3.02. The number of carbonyl (C=O) groups is 1. The van der Waals surface area contributed by atoms with Gasteiger partial charge in [-0.2, -0.15) is 4.98 Å². The first-order chi connectivity index (χ1) is 12.6. The molecule has 3 rings (SSSR count). The molecule has 2 amide bonds. The zero-order valence-corrected chi connectivity index (χ0v) is 15.6. The molecule has 1 fully saturated rings. The number of anilines is 1. The lowest BCUT2D eigenvalue weighted by molar-refractivity contribution is 0.133. The minimum Gasteiger partial charge on any atom is -0.338 e. The van der Waals surface area contributed by atoms with Gasteiger partial charge in [0, 0.05) is 38.3 Å². The number of nitrogens with zero attached hydrogens (tertiary/aromatic N) is 4. The van der Waals surface area contributed by atoms with Crippen LogP contribution in [0.5, 0.6) is 0 Å². The first-order valence-corrected chi connectivity index (χ1v) is 9.30. The second-order valence-corrected chi connectivity index (χ2v) is 6.77. The van der Waals surface area contributed by atoms with Crippen LogP contribution in [0.4, 0.5) is 10.5 Å². The van der Waals surface area contributed by atoms with Crippen molar-refractivity contribution >= 4 is 11.7 Å². The van der Waals surface area contributed by atoms with Gasteiger partial charge in [-0.05, 0) is 31.0 Å². The lowest BCUT2D eigenvalue weighted by Crippen LogP contribution is -2.49. The SMILES string of the molecule is CCCCc1noc(CN2CCN(C(=O)Nc3cccc(C)c3)CC2)n1. The molecule has 0 radical (unpaired) electrons. The zero-order valence-electron chi connectivity index (χ0n) is 15.6. The number of nitrogens with one attached hydrogen (secondary N) is 1. The average molecular weight is 357 g/mol. The van der Waals surface area contributed by atoms with Gasteiger partial charge in [0.15, 0.2) is 5.82 Å². The van der Waals surface area contributed by atoms with Crippen molar-refractivity contribution in [3.05, 3.63) is 41.5 Å². The molecule has 2 heterocycles. The highest BCUT2D eigenvalue weighted by Crippen LogP contribution is 2.13. The molecule has 140 valence electrons. The van der Waals surface area contributed by atoms with Crippen LogP contribution in [0.15, 0.2) is 28.8 Å². The van der Waals surface area contributed by atoms with Crippen LogP contribution in [-0.4, -0.2) is 52.2 Å². The van der Waals surface area contributed by atoms with Gasteiger partial charge >= 0.3 is 6.03 Å². The Hall–Kier alpha value is -2.41. The number of rotatable bonds is 6. The third kappa shape index (κ3) is 5.05. The minimum absolute atomic E-state index is 0.0464. The second-order valence-electron chi connectivity index (χ2n) is 6.77. The first kappa shape index (κ1) is 18.4. The summed E-state index contributed by atoms with van der Waals surface area (Å²) in [7, 11) is 0. The largest absolute Gasteiger partial charge is 0.338 e. The van der Waals surface area contributed by atoms with Gasteiger partial charge in [0.25, 0.3) is 0 Å². The third-order valence-corrected chi connectivity index (χ3v) is 4.55. The predicted molar refractivity (Wildman–Crippen MR) is 100.0 cm³/mol. The van der Waals surface area contributed by atoms with E-state index in [9.17, 15) is 4.79 Å². The normalized spacial score (nSPS) is 15.2. The molecule has 26 heavy (non-hydrogen) atoms. The van der Waals surface area contributed by atoms with E-state index < -0.39 is 0 Å². The molecule has 0 spiro atoms. The quantitative estimate of drug-likeness (QED) is 0.860. The average Bonchev–Trinajstić information content (AvgIpc) is 3.08. The van der Waals surface area contributed by atoms with Crippen LogP contribution in [-0.2, 0) is 13.0 Å². The van der Waals surface area contributed by atoms with Crippen LogP contribution >= 0.6 is 0 Å². The van der Waals surface area contributed by atoms with Gasteiger partial charge < -0.3 is 14.7 Å². The van der Waals surface area contributed by atoms with Crippen molar-refractivity contribution in [2.45, 2.75) is 39.7 Å². The fraction of sp³-hybridized carbons (Fsp3) is 0.526. The molecule has 1 aliphatic heterocycles. The van der Waals surface area contributed by atoms with Crippen LogP contribution in [0.1, 0.15) is 37.0 Å². The molecular formula is C19H27N5O2. The predicted octanol–water partition coefficient (Wildman–Crippen LogP) is 3.07. The summed E-state index contributed by atoms with van der Waals surface area (Å²) in [5.41, 5.74) is 1.97. The molecule has 1 saturated heterocycles. The number of aromatic nitrogens is 2. The van der Waals surface area contributed by atoms with Crippen LogP contribution in [0.3, 0.4) is 0 Å². The molecule has 0 bridgehead atoms. The number of aryl methyl sites for hydroxylation is 2. The molecule has 2 aromatic rings. The van der Waals surface area contributed by atoms with Crippen molar-refractivity contribution in [3.8, 4) is 0 Å². The number of amides is 2. The van der Waals surface area contributed by atoms with Gasteiger partial charge in [0.2, 0.25) is 5.89 Å². The molecular weight excluding hydrogens is 330 g/mol. The van der Waals surface area contributed by atoms with Crippen molar-refractivity contribution in [2.75, 3.05) is 31.5 Å². The van der Waals surface area contributed by atoms with Gasteiger partial charge in [-0.25, -0.2) is 4.79 Å². The number of hydrogen-bond donors (Lipinski definition) is 1. The molecule has 1 N–H and O–H groups in total. The summed E-state index contributed by atoms with van der Waals surface area (Å²) in [6.07, 6.45) is 3.07. The van der Waals surface area contributed by atoms with Crippen LogP contribution in [0.2, 0.25) is 0 Å². The van der Waals surface area contributed by atoms with Gasteiger partial charge in [0.05, 0.1) is 6.54 Å². The van der Waals surface area contributed by atoms with E-state index in [0.717, 1.165) is 49.4 Å². The molecule has 0 aliphatic carbocycles. The summed E-state index contributed by atoms with van der Waals surface area (Å²) in [5.74, 6) is 1.45. The Morgan fingerprint density at radius 1 is 1.27 bits per heavy atom. The molecule has 0 atom stereocenters. The van der Waals surface area contributed by atoms with Crippen LogP contribution < -0.4 is 5.32 Å². The Morgan fingerprint density at radius 3 is 2.81 bits per heavy atom. The number of hydrogen-bond acceptors (Lipinski definition) is 5. The van der Waals surface area contributed by atoms with E-state index in [1.807, 2.05) is 36.1 Å². The van der Waals surface area contributed by atoms with Crippen molar-refractivity contribution in [3.63, 3.8) is 0 Å². The number of benzene rings is 1. The minimum atomic E-state index is -0.0464. The van der Waals surface area contributed by atoms with E-state index in [1.165, 1.54) is 0 Å². The molecule has 0 unspecified atom stereocenters. The highest BCUT2D eigenvalue weighted by molar-refractivity contribution is 5.89. The Morgan fingerprint density at radius 2 is 2.08 bits per heavy atom. The van der Waals surface area contributed by atoms with E-state index in [1.54, 1.807) is 0 Å². The Labute approximate surface area is 154 Å². The van der Waals surface area contributed by atoms with E-state index in [0.29, 0.717) is 25.5 Å². The van der Waals surface area contributed by atoms with E-state index >= 15 is 0 Å². The number of carbonyl (C=O) groups excluding carboxylic acids is 1. The zero-order chi connectivity index (χ0) is 18.4. The van der Waals surface area contributed by atoms with E-state index in [-0.39, 0.29) is 6.03 Å². The highest BCUT2D eigenvalue weighted by atomic mass is 16.5. The first-order valence-electron chi connectivity index (χ1n) is 9.30. The molecule has 1 aromatic carbocycles.